The highest BCUT2D eigenvalue weighted by molar-refractivity contribution is 5.92. The SMILES string of the molecule is CCNC(=O)COc1ccc(NC(=O)CN)cc1. The standard InChI is InChI=1S/C12H17N3O3/c1-2-14-12(17)8-18-10-5-3-9(4-6-10)15-11(16)7-13/h3-6H,2,7-8,13H2,1H3,(H,14,17)(H,15,16). The number of nitrogens with one attached hydrogen (secondary N) is 2. The number of carbonyl (C=O) groups is 2. The van der Waals surface area contributed by atoms with Crippen molar-refractivity contribution in [3.8, 4) is 5.75 Å². The number of rotatable bonds is 6. The molecule has 6 heteroatoms. The molecule has 98 valence electrons. The second-order valence-electron chi connectivity index (χ2n) is 3.52. The van der Waals surface area contributed by atoms with Crippen LogP contribution < -0.4 is 21.1 Å². The van der Waals surface area contributed by atoms with Crippen molar-refractivity contribution >= 4 is 17.5 Å². The fourth-order valence-corrected chi connectivity index (χ4v) is 1.24. The fourth-order valence-electron chi connectivity index (χ4n) is 1.24. The van der Waals surface area contributed by atoms with Gasteiger partial charge in [-0.05, 0) is 31.2 Å². The summed E-state index contributed by atoms with van der Waals surface area (Å²) in [6.07, 6.45) is 0. The third-order valence-electron chi connectivity index (χ3n) is 2.07. The minimum Gasteiger partial charge on any atom is -0.484 e. The second-order valence-corrected chi connectivity index (χ2v) is 3.52. The third-order valence-corrected chi connectivity index (χ3v) is 2.07. The van der Waals surface area contributed by atoms with Gasteiger partial charge in [0.05, 0.1) is 6.54 Å². The molecule has 4 N–H and O–H groups in total. The molecule has 1 aromatic rings. The van der Waals surface area contributed by atoms with E-state index in [1.165, 1.54) is 0 Å². The van der Waals surface area contributed by atoms with Crippen LogP contribution in [-0.2, 0) is 9.59 Å². The Morgan fingerprint density at radius 3 is 2.44 bits per heavy atom. The lowest BCUT2D eigenvalue weighted by Crippen LogP contribution is -2.28. The van der Waals surface area contributed by atoms with E-state index in [9.17, 15) is 9.59 Å². The number of hydrogen-bond donors (Lipinski definition) is 3. The van der Waals surface area contributed by atoms with Crippen molar-refractivity contribution in [2.75, 3.05) is 25.0 Å². The zero-order valence-corrected chi connectivity index (χ0v) is 10.2. The maximum atomic E-state index is 11.2. The highest BCUT2D eigenvalue weighted by Crippen LogP contribution is 2.15. The van der Waals surface area contributed by atoms with Crippen LogP contribution in [0.3, 0.4) is 0 Å². The summed E-state index contributed by atoms with van der Waals surface area (Å²) in [4.78, 5) is 22.2. The molecule has 2 amide bonds. The van der Waals surface area contributed by atoms with Gasteiger partial charge >= 0.3 is 0 Å². The molecule has 0 saturated carbocycles. The van der Waals surface area contributed by atoms with Crippen LogP contribution in [-0.4, -0.2) is 31.5 Å². The number of carbonyl (C=O) groups excluding carboxylic acids is 2. The zero-order valence-electron chi connectivity index (χ0n) is 10.2. The molecule has 6 nitrogen and oxygen atoms in total. The summed E-state index contributed by atoms with van der Waals surface area (Å²) in [5.74, 6) is 0.135. The van der Waals surface area contributed by atoms with Crippen LogP contribution in [0.2, 0.25) is 0 Å². The summed E-state index contributed by atoms with van der Waals surface area (Å²) < 4.78 is 5.26. The number of amides is 2. The topological polar surface area (TPSA) is 93.5 Å². The molecule has 0 spiro atoms. The zero-order chi connectivity index (χ0) is 13.4. The van der Waals surface area contributed by atoms with E-state index in [1.54, 1.807) is 24.3 Å². The normalized spacial score (nSPS) is 9.67. The van der Waals surface area contributed by atoms with Crippen LogP contribution in [0.15, 0.2) is 24.3 Å². The maximum absolute atomic E-state index is 11.2. The Kier molecular flexibility index (Phi) is 5.66. The Balaban J connectivity index is 2.45. The summed E-state index contributed by atoms with van der Waals surface area (Å²) in [5, 5.41) is 5.23. The van der Waals surface area contributed by atoms with Crippen LogP contribution in [0.4, 0.5) is 5.69 Å². The highest BCUT2D eigenvalue weighted by Gasteiger charge is 2.02. The minimum absolute atomic E-state index is 0.0255. The molecular weight excluding hydrogens is 234 g/mol. The Morgan fingerprint density at radius 2 is 1.89 bits per heavy atom. The average molecular weight is 251 g/mol. The first-order valence-electron chi connectivity index (χ1n) is 5.65. The lowest BCUT2D eigenvalue weighted by Gasteiger charge is -2.07. The van der Waals surface area contributed by atoms with Crippen LogP contribution >= 0.6 is 0 Å². The van der Waals surface area contributed by atoms with Gasteiger partial charge in [0, 0.05) is 12.2 Å². The predicted molar refractivity (Wildman–Crippen MR) is 68.3 cm³/mol. The van der Waals surface area contributed by atoms with Gasteiger partial charge in [0.15, 0.2) is 6.61 Å². The number of hydrogen-bond acceptors (Lipinski definition) is 4. The van der Waals surface area contributed by atoms with Gasteiger partial charge in [-0.1, -0.05) is 0 Å². The molecule has 0 unspecified atom stereocenters. The van der Waals surface area contributed by atoms with E-state index >= 15 is 0 Å². The molecule has 0 fully saturated rings. The van der Waals surface area contributed by atoms with E-state index in [4.69, 9.17) is 10.5 Å². The number of nitrogens with two attached hydrogens (primary N) is 1. The largest absolute Gasteiger partial charge is 0.484 e. The molecule has 1 rings (SSSR count). The molecule has 0 radical (unpaired) electrons. The van der Waals surface area contributed by atoms with Gasteiger partial charge in [-0.2, -0.15) is 0 Å². The Morgan fingerprint density at radius 1 is 1.22 bits per heavy atom. The number of benzene rings is 1. The van der Waals surface area contributed by atoms with Gasteiger partial charge in [0.25, 0.3) is 5.91 Å². The van der Waals surface area contributed by atoms with E-state index in [2.05, 4.69) is 10.6 Å². The molecule has 0 atom stereocenters. The van der Waals surface area contributed by atoms with Gasteiger partial charge in [-0.25, -0.2) is 0 Å². The van der Waals surface area contributed by atoms with Crippen LogP contribution in [0.1, 0.15) is 6.92 Å². The first-order valence-corrected chi connectivity index (χ1v) is 5.65. The van der Waals surface area contributed by atoms with E-state index < -0.39 is 0 Å². The van der Waals surface area contributed by atoms with Crippen molar-refractivity contribution in [3.05, 3.63) is 24.3 Å². The molecular formula is C12H17N3O3. The quantitative estimate of drug-likeness (QED) is 0.668. The Labute approximate surface area is 105 Å². The lowest BCUT2D eigenvalue weighted by atomic mass is 10.3. The maximum Gasteiger partial charge on any atom is 0.257 e. The van der Waals surface area contributed by atoms with E-state index in [1.807, 2.05) is 6.92 Å². The van der Waals surface area contributed by atoms with Crippen LogP contribution in [0, 0.1) is 0 Å². The minimum atomic E-state index is -0.258. The summed E-state index contributed by atoms with van der Waals surface area (Å²) in [5.41, 5.74) is 5.81. The number of ether oxygens (including phenoxy) is 1. The summed E-state index contributed by atoms with van der Waals surface area (Å²) in [6, 6.07) is 6.71. The molecule has 0 saturated heterocycles. The average Bonchev–Trinajstić information content (AvgIpc) is 2.38. The molecule has 1 aromatic carbocycles. The van der Waals surface area contributed by atoms with Crippen molar-refractivity contribution in [1.29, 1.82) is 0 Å². The summed E-state index contributed by atoms with van der Waals surface area (Å²) >= 11 is 0. The number of likely N-dealkylation sites (N-methyl/N-ethyl adjacent to an activating group) is 1. The van der Waals surface area contributed by atoms with Crippen LogP contribution in [0.25, 0.3) is 0 Å². The fraction of sp³-hybridized carbons (Fsp3) is 0.333. The van der Waals surface area contributed by atoms with E-state index in [0.29, 0.717) is 18.0 Å². The predicted octanol–water partition coefficient (Wildman–Crippen LogP) is 0.0987. The Bertz CT molecular complexity index is 404. The third kappa shape index (κ3) is 4.84. The van der Waals surface area contributed by atoms with Crippen molar-refractivity contribution in [2.24, 2.45) is 5.73 Å². The van der Waals surface area contributed by atoms with Crippen molar-refractivity contribution in [2.45, 2.75) is 6.92 Å². The summed E-state index contributed by atoms with van der Waals surface area (Å²) in [6.45, 7) is 2.33. The second kappa shape index (κ2) is 7.29. The van der Waals surface area contributed by atoms with Crippen molar-refractivity contribution in [3.63, 3.8) is 0 Å². The van der Waals surface area contributed by atoms with E-state index in [0.717, 1.165) is 0 Å². The van der Waals surface area contributed by atoms with Gasteiger partial charge in [-0.3, -0.25) is 9.59 Å². The first-order chi connectivity index (χ1) is 8.65. The first kappa shape index (κ1) is 14.0. The molecule has 0 aliphatic carbocycles. The molecule has 0 aliphatic rings. The van der Waals surface area contributed by atoms with Crippen molar-refractivity contribution in [1.82, 2.24) is 5.32 Å². The van der Waals surface area contributed by atoms with Gasteiger partial charge in [0.2, 0.25) is 5.91 Å². The Hall–Kier alpha value is -2.08. The van der Waals surface area contributed by atoms with Gasteiger partial charge < -0.3 is 21.1 Å². The molecule has 0 aromatic heterocycles. The monoisotopic (exact) mass is 251 g/mol. The van der Waals surface area contributed by atoms with Crippen LogP contribution in [0.5, 0.6) is 5.75 Å². The van der Waals surface area contributed by atoms with Gasteiger partial charge in [0.1, 0.15) is 5.75 Å². The lowest BCUT2D eigenvalue weighted by molar-refractivity contribution is -0.123. The molecule has 0 bridgehead atoms. The van der Waals surface area contributed by atoms with Gasteiger partial charge in [-0.15, -0.1) is 0 Å². The number of anilines is 1. The smallest absolute Gasteiger partial charge is 0.257 e. The molecule has 0 heterocycles. The summed E-state index contributed by atoms with van der Waals surface area (Å²) in [7, 11) is 0. The van der Waals surface area contributed by atoms with Crippen molar-refractivity contribution < 1.29 is 14.3 Å². The molecule has 18 heavy (non-hydrogen) atoms. The molecule has 0 aliphatic heterocycles. The highest BCUT2D eigenvalue weighted by atomic mass is 16.5. The van der Waals surface area contributed by atoms with E-state index in [-0.39, 0.29) is 25.0 Å².